The number of aryl methyl sites for hydroxylation is 1. The number of carbonyl (C=O) groups excluding carboxylic acids is 2. The molecule has 1 aliphatic carbocycles. The summed E-state index contributed by atoms with van der Waals surface area (Å²) < 4.78 is 0. The molecule has 1 aliphatic heterocycles. The van der Waals surface area contributed by atoms with Crippen molar-refractivity contribution in [1.82, 2.24) is 9.80 Å². The van der Waals surface area contributed by atoms with Crippen molar-refractivity contribution in [2.75, 3.05) is 38.5 Å². The number of likely N-dealkylation sites (N-methyl/N-ethyl adjacent to an activating group) is 1. The van der Waals surface area contributed by atoms with E-state index in [1.165, 1.54) is 0 Å². The molecular formula is C18H25N3O2. The van der Waals surface area contributed by atoms with Crippen LogP contribution in [-0.4, -0.2) is 54.8 Å². The summed E-state index contributed by atoms with van der Waals surface area (Å²) in [6.07, 6.45) is 2.19. The minimum absolute atomic E-state index is 0.0112. The zero-order chi connectivity index (χ0) is 16.4. The van der Waals surface area contributed by atoms with Crippen LogP contribution < -0.4 is 5.32 Å². The van der Waals surface area contributed by atoms with Gasteiger partial charge >= 0.3 is 0 Å². The third kappa shape index (κ3) is 3.11. The topological polar surface area (TPSA) is 52.7 Å². The first-order valence-corrected chi connectivity index (χ1v) is 8.44. The predicted molar refractivity (Wildman–Crippen MR) is 90.2 cm³/mol. The van der Waals surface area contributed by atoms with Gasteiger partial charge in [-0.15, -0.1) is 0 Å². The molecule has 1 aromatic carbocycles. The van der Waals surface area contributed by atoms with Crippen molar-refractivity contribution in [3.63, 3.8) is 0 Å². The molecule has 0 radical (unpaired) electrons. The van der Waals surface area contributed by atoms with Crippen LogP contribution in [0.15, 0.2) is 24.3 Å². The van der Waals surface area contributed by atoms with Gasteiger partial charge in [0.1, 0.15) is 5.41 Å². The largest absolute Gasteiger partial charge is 0.339 e. The standard InChI is InChI=1S/C18H25N3O2/c1-3-14-6-4-5-7-15(14)19-16(22)18(8-9-18)17(23)21-12-10-20(2)11-13-21/h4-7H,3,8-13H2,1-2H3,(H,19,22). The maximum absolute atomic E-state index is 12.8. The van der Waals surface area contributed by atoms with E-state index in [9.17, 15) is 9.59 Å². The Labute approximate surface area is 137 Å². The highest BCUT2D eigenvalue weighted by Crippen LogP contribution is 2.48. The Kier molecular flexibility index (Phi) is 4.39. The Hall–Kier alpha value is -1.88. The first kappa shape index (κ1) is 16.0. The molecule has 0 atom stereocenters. The van der Waals surface area contributed by atoms with Crippen LogP contribution in [0.4, 0.5) is 5.69 Å². The number of benzene rings is 1. The van der Waals surface area contributed by atoms with E-state index < -0.39 is 5.41 Å². The highest BCUT2D eigenvalue weighted by atomic mass is 16.2. The van der Waals surface area contributed by atoms with Gasteiger partial charge in [-0.25, -0.2) is 0 Å². The van der Waals surface area contributed by atoms with E-state index in [-0.39, 0.29) is 11.8 Å². The van der Waals surface area contributed by atoms with Crippen LogP contribution in [0.1, 0.15) is 25.3 Å². The molecule has 5 heteroatoms. The van der Waals surface area contributed by atoms with Crippen LogP contribution in [0.2, 0.25) is 0 Å². The molecule has 0 unspecified atom stereocenters. The zero-order valence-electron chi connectivity index (χ0n) is 14.0. The van der Waals surface area contributed by atoms with Crippen molar-refractivity contribution >= 4 is 17.5 Å². The number of carbonyl (C=O) groups is 2. The molecule has 3 rings (SSSR count). The number of amides is 2. The van der Waals surface area contributed by atoms with Gasteiger partial charge in [-0.1, -0.05) is 25.1 Å². The Morgan fingerprint density at radius 1 is 1.13 bits per heavy atom. The summed E-state index contributed by atoms with van der Waals surface area (Å²) in [5.41, 5.74) is 1.11. The minimum atomic E-state index is -0.823. The second-order valence-electron chi connectivity index (χ2n) is 6.64. The van der Waals surface area contributed by atoms with Crippen LogP contribution in [-0.2, 0) is 16.0 Å². The lowest BCUT2D eigenvalue weighted by molar-refractivity contribution is -0.143. The fourth-order valence-electron chi connectivity index (χ4n) is 3.17. The molecule has 1 saturated heterocycles. The molecule has 2 amide bonds. The Morgan fingerprint density at radius 3 is 2.39 bits per heavy atom. The van der Waals surface area contributed by atoms with Gasteiger partial charge in [0.2, 0.25) is 11.8 Å². The maximum atomic E-state index is 12.8. The Balaban J connectivity index is 1.70. The van der Waals surface area contributed by atoms with Crippen molar-refractivity contribution in [3.8, 4) is 0 Å². The summed E-state index contributed by atoms with van der Waals surface area (Å²) >= 11 is 0. The van der Waals surface area contributed by atoms with Gasteiger partial charge in [0.05, 0.1) is 0 Å². The van der Waals surface area contributed by atoms with Crippen LogP contribution >= 0.6 is 0 Å². The summed E-state index contributed by atoms with van der Waals surface area (Å²) in [6, 6.07) is 7.80. The highest BCUT2D eigenvalue weighted by Gasteiger charge is 2.58. The fourth-order valence-corrected chi connectivity index (χ4v) is 3.17. The molecule has 1 saturated carbocycles. The number of hydrogen-bond acceptors (Lipinski definition) is 3. The van der Waals surface area contributed by atoms with Crippen LogP contribution in [0.3, 0.4) is 0 Å². The Bertz CT molecular complexity index is 602. The summed E-state index contributed by atoms with van der Waals surface area (Å²) in [5, 5.41) is 3.00. The molecule has 0 bridgehead atoms. The molecule has 0 spiro atoms. The van der Waals surface area contributed by atoms with Gasteiger partial charge in [-0.2, -0.15) is 0 Å². The van der Waals surface area contributed by atoms with Gasteiger partial charge in [0.25, 0.3) is 0 Å². The summed E-state index contributed by atoms with van der Waals surface area (Å²) in [7, 11) is 2.06. The number of anilines is 1. The summed E-state index contributed by atoms with van der Waals surface area (Å²) in [5.74, 6) is -0.126. The molecule has 1 heterocycles. The van der Waals surface area contributed by atoms with E-state index in [0.29, 0.717) is 12.8 Å². The van der Waals surface area contributed by atoms with Gasteiger partial charge in [-0.05, 0) is 37.9 Å². The molecular weight excluding hydrogens is 290 g/mol. The van der Waals surface area contributed by atoms with E-state index in [1.54, 1.807) is 0 Å². The van der Waals surface area contributed by atoms with E-state index in [0.717, 1.165) is 43.9 Å². The molecule has 1 N–H and O–H groups in total. The van der Waals surface area contributed by atoms with Crippen molar-refractivity contribution in [2.24, 2.45) is 5.41 Å². The van der Waals surface area contributed by atoms with Gasteiger partial charge < -0.3 is 15.1 Å². The first-order chi connectivity index (χ1) is 11.1. The van der Waals surface area contributed by atoms with Crippen molar-refractivity contribution in [1.29, 1.82) is 0 Å². The number of hydrogen-bond donors (Lipinski definition) is 1. The van der Waals surface area contributed by atoms with E-state index in [1.807, 2.05) is 29.2 Å². The van der Waals surface area contributed by atoms with Crippen molar-refractivity contribution in [3.05, 3.63) is 29.8 Å². The van der Waals surface area contributed by atoms with Gasteiger partial charge in [0, 0.05) is 31.9 Å². The molecule has 0 aromatic heterocycles. The average Bonchev–Trinajstić information content (AvgIpc) is 3.37. The lowest BCUT2D eigenvalue weighted by Crippen LogP contribution is -2.51. The minimum Gasteiger partial charge on any atom is -0.339 e. The SMILES string of the molecule is CCc1ccccc1NC(=O)C1(C(=O)N2CCN(C)CC2)CC1. The molecule has 2 aliphatic rings. The van der Waals surface area contributed by atoms with Gasteiger partial charge in [0.15, 0.2) is 0 Å². The lowest BCUT2D eigenvalue weighted by atomic mass is 10.0. The maximum Gasteiger partial charge on any atom is 0.240 e. The molecule has 2 fully saturated rings. The van der Waals surface area contributed by atoms with E-state index >= 15 is 0 Å². The number of piperazine rings is 1. The molecule has 5 nitrogen and oxygen atoms in total. The molecule has 23 heavy (non-hydrogen) atoms. The normalized spacial score (nSPS) is 20.2. The summed E-state index contributed by atoms with van der Waals surface area (Å²) in [4.78, 5) is 29.6. The second kappa shape index (κ2) is 6.32. The number of rotatable bonds is 4. The van der Waals surface area contributed by atoms with E-state index in [4.69, 9.17) is 0 Å². The average molecular weight is 315 g/mol. The highest BCUT2D eigenvalue weighted by molar-refractivity contribution is 6.13. The van der Waals surface area contributed by atoms with Crippen molar-refractivity contribution in [2.45, 2.75) is 26.2 Å². The van der Waals surface area contributed by atoms with Crippen molar-refractivity contribution < 1.29 is 9.59 Å². The predicted octanol–water partition coefficient (Wildman–Crippen LogP) is 1.74. The quantitative estimate of drug-likeness (QED) is 0.861. The smallest absolute Gasteiger partial charge is 0.240 e. The third-order valence-electron chi connectivity index (χ3n) is 5.03. The second-order valence-corrected chi connectivity index (χ2v) is 6.64. The number of para-hydroxylation sites is 1. The Morgan fingerprint density at radius 2 is 1.78 bits per heavy atom. The zero-order valence-corrected chi connectivity index (χ0v) is 14.0. The molecule has 1 aromatic rings. The first-order valence-electron chi connectivity index (χ1n) is 8.44. The van der Waals surface area contributed by atoms with E-state index in [2.05, 4.69) is 24.2 Å². The molecule has 124 valence electrons. The van der Waals surface area contributed by atoms with Crippen LogP contribution in [0.5, 0.6) is 0 Å². The van der Waals surface area contributed by atoms with Crippen LogP contribution in [0.25, 0.3) is 0 Å². The third-order valence-corrected chi connectivity index (χ3v) is 5.03. The van der Waals surface area contributed by atoms with Gasteiger partial charge in [-0.3, -0.25) is 9.59 Å². The number of nitrogens with zero attached hydrogens (tertiary/aromatic N) is 2. The van der Waals surface area contributed by atoms with Crippen LogP contribution in [0, 0.1) is 5.41 Å². The summed E-state index contributed by atoms with van der Waals surface area (Å²) in [6.45, 7) is 5.25. The monoisotopic (exact) mass is 315 g/mol. The number of nitrogens with one attached hydrogen (secondary N) is 1. The lowest BCUT2D eigenvalue weighted by Gasteiger charge is -2.34. The fraction of sp³-hybridized carbons (Fsp3) is 0.556.